The zero-order valence-electron chi connectivity index (χ0n) is 30.5. The quantitative estimate of drug-likeness (QED) is 0.179. The van der Waals surface area contributed by atoms with E-state index in [-0.39, 0.29) is 5.41 Å². The van der Waals surface area contributed by atoms with Crippen LogP contribution in [0, 0.1) is 23.7 Å². The van der Waals surface area contributed by atoms with E-state index in [2.05, 4.69) is 181 Å². The van der Waals surface area contributed by atoms with Crippen molar-refractivity contribution < 1.29 is 0 Å². The summed E-state index contributed by atoms with van der Waals surface area (Å²) in [5.74, 6) is 2.88. The predicted octanol–water partition coefficient (Wildman–Crippen LogP) is 13.8. The Morgan fingerprint density at radius 3 is 1.94 bits per heavy atom. The fourth-order valence-electron chi connectivity index (χ4n) is 11.7. The summed E-state index contributed by atoms with van der Waals surface area (Å²) in [7, 11) is 0. The molecule has 2 bridgehead atoms. The Morgan fingerprint density at radius 1 is 0.528 bits per heavy atom. The number of nitrogens with zero attached hydrogens (tertiary/aromatic N) is 2. The van der Waals surface area contributed by atoms with E-state index in [0.717, 1.165) is 11.8 Å². The van der Waals surface area contributed by atoms with Crippen molar-refractivity contribution in [1.82, 2.24) is 4.57 Å². The molecule has 0 radical (unpaired) electrons. The third-order valence-corrected chi connectivity index (χ3v) is 13.5. The van der Waals surface area contributed by atoms with Gasteiger partial charge in [0, 0.05) is 38.5 Å². The molecule has 0 amide bonds. The van der Waals surface area contributed by atoms with Crippen LogP contribution in [-0.2, 0) is 5.41 Å². The fourth-order valence-corrected chi connectivity index (χ4v) is 11.7. The van der Waals surface area contributed by atoms with E-state index in [4.69, 9.17) is 0 Å². The summed E-state index contributed by atoms with van der Waals surface area (Å²) in [6, 6.07) is 59.2. The smallest absolute Gasteiger partial charge is 0.0543 e. The first-order chi connectivity index (χ1) is 26.1. The highest BCUT2D eigenvalue weighted by Crippen LogP contribution is 2.66. The molecule has 1 aromatic heterocycles. The molecule has 0 aliphatic heterocycles. The highest BCUT2D eigenvalue weighted by Gasteiger charge is 2.57. The molecule has 2 saturated carbocycles. The zero-order chi connectivity index (χ0) is 35.3. The number of anilines is 3. The Labute approximate surface area is 312 Å². The van der Waals surface area contributed by atoms with Crippen LogP contribution < -0.4 is 4.90 Å². The van der Waals surface area contributed by atoms with Crippen molar-refractivity contribution >= 4 is 49.6 Å². The highest BCUT2D eigenvalue weighted by molar-refractivity contribution is 6.09. The maximum absolute atomic E-state index is 2.57. The van der Waals surface area contributed by atoms with E-state index in [1.165, 1.54) is 92.1 Å². The number of hydrogen-bond donors (Lipinski definition) is 0. The average molecular weight is 685 g/mol. The van der Waals surface area contributed by atoms with E-state index in [1.807, 2.05) is 0 Å². The van der Waals surface area contributed by atoms with Crippen molar-refractivity contribution in [2.75, 3.05) is 4.90 Å². The minimum absolute atomic E-state index is 0.0396. The van der Waals surface area contributed by atoms with E-state index in [1.54, 1.807) is 11.1 Å². The minimum atomic E-state index is 0.0396. The van der Waals surface area contributed by atoms with E-state index >= 15 is 0 Å². The molecule has 2 heteroatoms. The lowest BCUT2D eigenvalue weighted by atomic mass is 9.49. The summed E-state index contributed by atoms with van der Waals surface area (Å²) in [6.07, 6.45) is 5.38. The molecule has 2 nitrogen and oxygen atoms in total. The Bertz CT molecular complexity index is 2640. The van der Waals surface area contributed by atoms with Crippen LogP contribution in [0.25, 0.3) is 49.4 Å². The van der Waals surface area contributed by atoms with Crippen LogP contribution in [0.1, 0.15) is 50.7 Å². The van der Waals surface area contributed by atoms with Crippen LogP contribution in [0.3, 0.4) is 0 Å². The maximum atomic E-state index is 2.57. The summed E-state index contributed by atoms with van der Waals surface area (Å²) < 4.78 is 2.42. The Balaban J connectivity index is 1.15. The SMILES string of the molecule is C[C@H]1C[C@@H]2C[C@H](C1)C1(c3ccccc3-c3c(N(c4ccc(-n5c6ccccc6c6ccccc65)cc4)c4cccc5ccccc45)cccc31)[C@H](C)C2. The van der Waals surface area contributed by atoms with Gasteiger partial charge >= 0.3 is 0 Å². The van der Waals surface area contributed by atoms with E-state index in [9.17, 15) is 0 Å². The lowest BCUT2D eigenvalue weighted by Gasteiger charge is -2.54. The second-order valence-electron chi connectivity index (χ2n) is 16.3. The summed E-state index contributed by atoms with van der Waals surface area (Å²) in [4.78, 5) is 2.56. The fraction of sp³-hybridized carbons (Fsp3) is 0.216. The predicted molar refractivity (Wildman–Crippen MR) is 223 cm³/mol. The Kier molecular flexibility index (Phi) is 6.84. The first-order valence-corrected chi connectivity index (χ1v) is 19.7. The first kappa shape index (κ1) is 31.0. The minimum Gasteiger partial charge on any atom is -0.309 e. The van der Waals surface area contributed by atoms with Crippen molar-refractivity contribution in [2.45, 2.75) is 44.9 Å². The molecule has 1 heterocycles. The Hall–Kier alpha value is -5.60. The molecule has 3 aliphatic rings. The second-order valence-corrected chi connectivity index (χ2v) is 16.3. The normalized spacial score (nSPS) is 23.1. The first-order valence-electron chi connectivity index (χ1n) is 19.7. The van der Waals surface area contributed by atoms with Gasteiger partial charge in [-0.15, -0.1) is 0 Å². The number of para-hydroxylation sites is 2. The summed E-state index contributed by atoms with van der Waals surface area (Å²) in [5, 5.41) is 5.08. The average Bonchev–Trinajstić information content (AvgIpc) is 3.69. The number of rotatable bonds is 4. The monoisotopic (exact) mass is 684 g/mol. The van der Waals surface area contributed by atoms with Crippen molar-refractivity contribution in [3.8, 4) is 16.8 Å². The molecule has 7 aromatic carbocycles. The molecule has 8 aromatic rings. The van der Waals surface area contributed by atoms with Crippen molar-refractivity contribution in [1.29, 1.82) is 0 Å². The molecule has 5 atom stereocenters. The highest BCUT2D eigenvalue weighted by atomic mass is 15.1. The van der Waals surface area contributed by atoms with Gasteiger partial charge in [0.2, 0.25) is 0 Å². The number of fused-ring (bicyclic) bond motifs is 12. The molecule has 53 heavy (non-hydrogen) atoms. The summed E-state index contributed by atoms with van der Waals surface area (Å²) >= 11 is 0. The largest absolute Gasteiger partial charge is 0.309 e. The second kappa shape index (κ2) is 11.7. The van der Waals surface area contributed by atoms with Crippen LogP contribution >= 0.6 is 0 Å². The molecule has 3 aliphatic carbocycles. The molecule has 2 fully saturated rings. The van der Waals surface area contributed by atoms with Crippen LogP contribution in [-0.4, -0.2) is 4.57 Å². The van der Waals surface area contributed by atoms with Gasteiger partial charge in [-0.1, -0.05) is 123 Å². The molecule has 258 valence electrons. The third kappa shape index (κ3) is 4.39. The molecule has 0 N–H and O–H groups in total. The van der Waals surface area contributed by atoms with Gasteiger partial charge in [0.1, 0.15) is 0 Å². The van der Waals surface area contributed by atoms with E-state index in [0.29, 0.717) is 11.8 Å². The van der Waals surface area contributed by atoms with Gasteiger partial charge in [-0.2, -0.15) is 0 Å². The van der Waals surface area contributed by atoms with Gasteiger partial charge in [-0.3, -0.25) is 0 Å². The summed E-state index contributed by atoms with van der Waals surface area (Å²) in [5.41, 5.74) is 13.3. The van der Waals surface area contributed by atoms with Crippen LogP contribution in [0.5, 0.6) is 0 Å². The number of aromatic nitrogens is 1. The topological polar surface area (TPSA) is 8.17 Å². The molecular formula is C51H44N2. The molecule has 1 unspecified atom stereocenters. The van der Waals surface area contributed by atoms with Gasteiger partial charge in [0.05, 0.1) is 22.4 Å². The van der Waals surface area contributed by atoms with Gasteiger partial charge in [-0.05, 0) is 120 Å². The van der Waals surface area contributed by atoms with Crippen molar-refractivity contribution in [2.24, 2.45) is 23.7 Å². The van der Waals surface area contributed by atoms with Gasteiger partial charge in [0.15, 0.2) is 0 Å². The lowest BCUT2D eigenvalue weighted by molar-refractivity contribution is 0.0426. The van der Waals surface area contributed by atoms with Gasteiger partial charge < -0.3 is 9.47 Å². The van der Waals surface area contributed by atoms with Crippen LogP contribution in [0.2, 0.25) is 0 Å². The van der Waals surface area contributed by atoms with Gasteiger partial charge in [0.25, 0.3) is 0 Å². The van der Waals surface area contributed by atoms with E-state index < -0.39 is 0 Å². The standard InChI is InChI=1S/C51H44N2/c1-33-29-35-31-34(2)51(37(30-33)32-35)44-19-8-5-18-43(44)50-45(51)20-12-24-49(50)53(46-23-11-14-36-13-3-4-15-40(36)46)39-27-25-38(26-28-39)52-47-21-9-6-16-41(47)42-17-7-10-22-48(42)52/h3-28,33-35,37H,29-32H2,1-2H3/t33-,34+,35-,37-,51?/m0/s1. The van der Waals surface area contributed by atoms with Crippen LogP contribution in [0.4, 0.5) is 17.1 Å². The molecule has 0 saturated heterocycles. The molecule has 1 spiro atoms. The van der Waals surface area contributed by atoms with Crippen molar-refractivity contribution in [3.63, 3.8) is 0 Å². The van der Waals surface area contributed by atoms with Crippen LogP contribution in [0.15, 0.2) is 158 Å². The number of hydrogen-bond acceptors (Lipinski definition) is 1. The maximum Gasteiger partial charge on any atom is 0.0543 e. The molecule has 11 rings (SSSR count). The lowest BCUT2D eigenvalue weighted by Crippen LogP contribution is -2.49. The number of benzene rings is 7. The Morgan fingerprint density at radius 2 is 1.15 bits per heavy atom. The zero-order valence-corrected chi connectivity index (χ0v) is 30.5. The summed E-state index contributed by atoms with van der Waals surface area (Å²) in [6.45, 7) is 5.08. The van der Waals surface area contributed by atoms with Gasteiger partial charge in [-0.25, -0.2) is 0 Å². The molecular weight excluding hydrogens is 641 g/mol. The third-order valence-electron chi connectivity index (χ3n) is 13.5. The van der Waals surface area contributed by atoms with Crippen molar-refractivity contribution in [3.05, 3.63) is 169 Å².